The van der Waals surface area contributed by atoms with Gasteiger partial charge in [0.15, 0.2) is 5.76 Å². The molecule has 3 rings (SSSR count). The molecule has 3 N–H and O–H groups in total. The number of rotatable bonds is 6. The number of halogens is 1. The zero-order chi connectivity index (χ0) is 19.2. The maximum absolute atomic E-state index is 13.2. The molecule has 1 aliphatic rings. The molecule has 0 saturated carbocycles. The van der Waals surface area contributed by atoms with Gasteiger partial charge in [-0.15, -0.1) is 12.4 Å². The molecule has 0 spiro atoms. The Bertz CT molecular complexity index is 750. The van der Waals surface area contributed by atoms with Crippen LogP contribution in [0.5, 0.6) is 0 Å². The van der Waals surface area contributed by atoms with Crippen LogP contribution in [0.3, 0.4) is 0 Å². The average molecular weight is 406 g/mol. The summed E-state index contributed by atoms with van der Waals surface area (Å²) in [5, 5.41) is 2.85. The maximum atomic E-state index is 13.2. The Morgan fingerprint density at radius 2 is 2.00 bits per heavy atom. The molecule has 0 aliphatic carbocycles. The number of likely N-dealkylation sites (tertiary alicyclic amines) is 1. The lowest BCUT2D eigenvalue weighted by molar-refractivity contribution is -0.135. The van der Waals surface area contributed by atoms with E-state index in [2.05, 4.69) is 5.32 Å². The van der Waals surface area contributed by atoms with Crippen LogP contribution in [0.2, 0.25) is 0 Å². The Hall–Kier alpha value is -2.31. The van der Waals surface area contributed by atoms with Gasteiger partial charge in [0.25, 0.3) is 5.91 Å². The number of furan rings is 1. The van der Waals surface area contributed by atoms with E-state index in [1.807, 2.05) is 42.2 Å². The topological polar surface area (TPSA) is 88.6 Å². The Morgan fingerprint density at radius 1 is 1.25 bits per heavy atom. The minimum atomic E-state index is -0.642. The van der Waals surface area contributed by atoms with Gasteiger partial charge in [-0.1, -0.05) is 30.3 Å². The molecule has 1 aromatic carbocycles. The van der Waals surface area contributed by atoms with Gasteiger partial charge in [-0.3, -0.25) is 9.59 Å². The molecule has 1 aliphatic heterocycles. The fourth-order valence-corrected chi connectivity index (χ4v) is 3.55. The quantitative estimate of drug-likeness (QED) is 0.773. The second-order valence-corrected chi connectivity index (χ2v) is 7.24. The van der Waals surface area contributed by atoms with Gasteiger partial charge in [-0.2, -0.15) is 0 Å². The predicted octanol–water partition coefficient (Wildman–Crippen LogP) is 2.63. The standard InChI is InChI=1S/C21H27N3O3.ClH/c1-15(22)17-9-5-11-24(14-17)21(26)18(13-16-7-3-2-4-8-16)23-20(25)19-10-6-12-27-19;/h2-4,6-8,10,12,15,17-18H,5,9,11,13-14,22H2,1H3,(H,23,25);1H. The molecule has 0 radical (unpaired) electrons. The molecule has 6 nitrogen and oxygen atoms in total. The van der Waals surface area contributed by atoms with Crippen LogP contribution in [0.15, 0.2) is 53.1 Å². The first kappa shape index (κ1) is 22.0. The molecule has 28 heavy (non-hydrogen) atoms. The summed E-state index contributed by atoms with van der Waals surface area (Å²) in [4.78, 5) is 27.5. The van der Waals surface area contributed by atoms with Crippen molar-refractivity contribution >= 4 is 24.2 Å². The minimum absolute atomic E-state index is 0. The van der Waals surface area contributed by atoms with Crippen LogP contribution in [0, 0.1) is 5.92 Å². The van der Waals surface area contributed by atoms with E-state index in [-0.39, 0.29) is 36.0 Å². The molecule has 2 amide bonds. The lowest BCUT2D eigenvalue weighted by Gasteiger charge is -2.36. The summed E-state index contributed by atoms with van der Waals surface area (Å²) in [6, 6.07) is 12.4. The SMILES string of the molecule is CC(N)C1CCCN(C(=O)C(Cc2ccccc2)NC(=O)c2ccco2)C1.Cl. The first-order valence-corrected chi connectivity index (χ1v) is 9.47. The van der Waals surface area contributed by atoms with Gasteiger partial charge in [0.05, 0.1) is 6.26 Å². The number of benzene rings is 1. The van der Waals surface area contributed by atoms with Gasteiger partial charge >= 0.3 is 0 Å². The number of carbonyl (C=O) groups excluding carboxylic acids is 2. The normalized spacial score (nSPS) is 18.6. The summed E-state index contributed by atoms with van der Waals surface area (Å²) in [6.07, 6.45) is 3.85. The number of nitrogens with two attached hydrogens (primary N) is 1. The lowest BCUT2D eigenvalue weighted by atomic mass is 9.91. The van der Waals surface area contributed by atoms with Gasteiger partial charge in [0.1, 0.15) is 6.04 Å². The molecule has 3 atom stereocenters. The van der Waals surface area contributed by atoms with E-state index in [1.54, 1.807) is 12.1 Å². The third-order valence-corrected chi connectivity index (χ3v) is 5.14. The number of carbonyl (C=O) groups is 2. The predicted molar refractivity (Wildman–Crippen MR) is 110 cm³/mol. The van der Waals surface area contributed by atoms with Gasteiger partial charge < -0.3 is 20.4 Å². The van der Waals surface area contributed by atoms with Crippen LogP contribution in [0.4, 0.5) is 0 Å². The maximum Gasteiger partial charge on any atom is 0.287 e. The number of amides is 2. The van der Waals surface area contributed by atoms with Crippen molar-refractivity contribution in [1.82, 2.24) is 10.2 Å². The molecular formula is C21H28ClN3O3. The average Bonchev–Trinajstić information content (AvgIpc) is 3.23. The summed E-state index contributed by atoms with van der Waals surface area (Å²) in [6.45, 7) is 3.32. The molecule has 2 heterocycles. The third-order valence-electron chi connectivity index (χ3n) is 5.14. The van der Waals surface area contributed by atoms with Crippen molar-refractivity contribution < 1.29 is 14.0 Å². The van der Waals surface area contributed by atoms with E-state index in [4.69, 9.17) is 10.2 Å². The van der Waals surface area contributed by atoms with E-state index in [9.17, 15) is 9.59 Å². The zero-order valence-electron chi connectivity index (χ0n) is 16.0. The Morgan fingerprint density at radius 3 is 2.64 bits per heavy atom. The largest absolute Gasteiger partial charge is 0.459 e. The molecule has 0 bridgehead atoms. The van der Waals surface area contributed by atoms with Crippen molar-refractivity contribution in [3.05, 3.63) is 60.1 Å². The lowest BCUT2D eigenvalue weighted by Crippen LogP contribution is -2.53. The zero-order valence-corrected chi connectivity index (χ0v) is 16.9. The Kier molecular flexibility index (Phi) is 8.08. The van der Waals surface area contributed by atoms with Crippen molar-refractivity contribution in [3.8, 4) is 0 Å². The van der Waals surface area contributed by atoms with Gasteiger partial charge in [-0.25, -0.2) is 0 Å². The number of piperidine rings is 1. The van der Waals surface area contributed by atoms with Crippen molar-refractivity contribution in [2.24, 2.45) is 11.7 Å². The molecule has 1 saturated heterocycles. The molecule has 152 valence electrons. The second kappa shape index (κ2) is 10.3. The highest BCUT2D eigenvalue weighted by atomic mass is 35.5. The second-order valence-electron chi connectivity index (χ2n) is 7.24. The van der Waals surface area contributed by atoms with Crippen LogP contribution >= 0.6 is 12.4 Å². The van der Waals surface area contributed by atoms with Gasteiger partial charge in [-0.05, 0) is 43.4 Å². The third kappa shape index (κ3) is 5.59. The van der Waals surface area contributed by atoms with Crippen LogP contribution in [0.25, 0.3) is 0 Å². The summed E-state index contributed by atoms with van der Waals surface area (Å²) < 4.78 is 5.17. The summed E-state index contributed by atoms with van der Waals surface area (Å²) >= 11 is 0. The monoisotopic (exact) mass is 405 g/mol. The van der Waals surface area contributed by atoms with Crippen LogP contribution in [-0.4, -0.2) is 41.9 Å². The molecule has 2 aromatic rings. The highest BCUT2D eigenvalue weighted by Crippen LogP contribution is 2.20. The molecule has 7 heteroatoms. The van der Waals surface area contributed by atoms with Crippen LogP contribution in [0.1, 0.15) is 35.9 Å². The molecule has 1 aromatic heterocycles. The van der Waals surface area contributed by atoms with E-state index in [0.717, 1.165) is 18.4 Å². The first-order chi connectivity index (χ1) is 13.0. The minimum Gasteiger partial charge on any atom is -0.459 e. The van der Waals surface area contributed by atoms with Crippen molar-refractivity contribution in [3.63, 3.8) is 0 Å². The number of hydrogen-bond acceptors (Lipinski definition) is 4. The molecular weight excluding hydrogens is 378 g/mol. The number of nitrogens with one attached hydrogen (secondary N) is 1. The summed E-state index contributed by atoms with van der Waals surface area (Å²) in [5.74, 6) is 0.0490. The van der Waals surface area contributed by atoms with Crippen LogP contribution < -0.4 is 11.1 Å². The van der Waals surface area contributed by atoms with Gasteiger partial charge in [0, 0.05) is 25.6 Å². The molecule has 1 fully saturated rings. The van der Waals surface area contributed by atoms with E-state index < -0.39 is 6.04 Å². The summed E-state index contributed by atoms with van der Waals surface area (Å²) in [5.41, 5.74) is 7.05. The Balaban J connectivity index is 0.00000280. The fraction of sp³-hybridized carbons (Fsp3) is 0.429. The van der Waals surface area contributed by atoms with E-state index in [0.29, 0.717) is 25.4 Å². The highest BCUT2D eigenvalue weighted by molar-refractivity contribution is 5.95. The smallest absolute Gasteiger partial charge is 0.287 e. The van der Waals surface area contributed by atoms with E-state index in [1.165, 1.54) is 6.26 Å². The fourth-order valence-electron chi connectivity index (χ4n) is 3.55. The van der Waals surface area contributed by atoms with Crippen molar-refractivity contribution in [1.29, 1.82) is 0 Å². The number of hydrogen-bond donors (Lipinski definition) is 2. The van der Waals surface area contributed by atoms with Crippen LogP contribution in [-0.2, 0) is 11.2 Å². The van der Waals surface area contributed by atoms with Crippen molar-refractivity contribution in [2.75, 3.05) is 13.1 Å². The van der Waals surface area contributed by atoms with E-state index >= 15 is 0 Å². The first-order valence-electron chi connectivity index (χ1n) is 9.47. The Labute approximate surface area is 171 Å². The summed E-state index contributed by atoms with van der Waals surface area (Å²) in [7, 11) is 0. The van der Waals surface area contributed by atoms with Gasteiger partial charge in [0.2, 0.25) is 5.91 Å². The van der Waals surface area contributed by atoms with Crippen molar-refractivity contribution in [2.45, 2.75) is 38.3 Å². The molecule has 3 unspecified atom stereocenters. The highest BCUT2D eigenvalue weighted by Gasteiger charge is 2.31. The number of nitrogens with zero attached hydrogens (tertiary/aromatic N) is 1.